The average molecular weight is 234 g/mol. The highest BCUT2D eigenvalue weighted by molar-refractivity contribution is 5.75. The van der Waals surface area contributed by atoms with E-state index in [0.717, 1.165) is 37.2 Å². The molecule has 1 aromatic heterocycles. The van der Waals surface area contributed by atoms with Gasteiger partial charge in [0.1, 0.15) is 5.82 Å². The van der Waals surface area contributed by atoms with Crippen LogP contribution < -0.4 is 4.90 Å². The van der Waals surface area contributed by atoms with Gasteiger partial charge in [-0.1, -0.05) is 6.92 Å². The molecule has 0 radical (unpaired) electrons. The molecule has 0 aliphatic carbocycles. The van der Waals surface area contributed by atoms with Gasteiger partial charge in [0.05, 0.1) is 6.10 Å². The van der Waals surface area contributed by atoms with E-state index in [1.807, 2.05) is 19.9 Å². The van der Waals surface area contributed by atoms with Crippen LogP contribution in [0.5, 0.6) is 0 Å². The van der Waals surface area contributed by atoms with Crippen LogP contribution in [0.3, 0.4) is 0 Å². The number of aromatic nitrogens is 1. The molecule has 2 unspecified atom stereocenters. The summed E-state index contributed by atoms with van der Waals surface area (Å²) in [4.78, 5) is 17.2. The van der Waals surface area contributed by atoms with Crippen molar-refractivity contribution in [1.82, 2.24) is 4.98 Å². The fraction of sp³-hybridized carbons (Fsp3) is 0.538. The number of aldehydes is 1. The van der Waals surface area contributed by atoms with Gasteiger partial charge in [0, 0.05) is 24.8 Å². The summed E-state index contributed by atoms with van der Waals surface area (Å²) < 4.78 is 0. The van der Waals surface area contributed by atoms with Gasteiger partial charge in [-0.05, 0) is 30.9 Å². The molecule has 92 valence electrons. The Morgan fingerprint density at radius 3 is 2.94 bits per heavy atom. The van der Waals surface area contributed by atoms with E-state index in [2.05, 4.69) is 9.88 Å². The van der Waals surface area contributed by atoms with Gasteiger partial charge in [0.2, 0.25) is 0 Å². The quantitative estimate of drug-likeness (QED) is 0.786. The number of aliphatic hydroxyl groups is 1. The SMILES string of the molecule is Cc1cc(C=O)cnc1N1CCC(O)C(C)C1. The van der Waals surface area contributed by atoms with Crippen LogP contribution >= 0.6 is 0 Å². The summed E-state index contributed by atoms with van der Waals surface area (Å²) in [6.07, 6.45) is 2.98. The smallest absolute Gasteiger partial charge is 0.151 e. The number of carbonyl (C=O) groups excluding carboxylic acids is 1. The van der Waals surface area contributed by atoms with Crippen molar-refractivity contribution in [3.05, 3.63) is 23.4 Å². The molecule has 0 spiro atoms. The topological polar surface area (TPSA) is 53.4 Å². The van der Waals surface area contributed by atoms with Gasteiger partial charge < -0.3 is 10.0 Å². The molecule has 1 aliphatic rings. The average Bonchev–Trinajstić information content (AvgIpc) is 2.32. The predicted molar refractivity (Wildman–Crippen MR) is 66.4 cm³/mol. The Kier molecular flexibility index (Phi) is 3.43. The van der Waals surface area contributed by atoms with Gasteiger partial charge in [-0.15, -0.1) is 0 Å². The van der Waals surface area contributed by atoms with Crippen LogP contribution in [0, 0.1) is 12.8 Å². The van der Waals surface area contributed by atoms with Crippen LogP contribution in [0.25, 0.3) is 0 Å². The second kappa shape index (κ2) is 4.84. The molecule has 2 rings (SSSR count). The number of aliphatic hydroxyl groups excluding tert-OH is 1. The minimum Gasteiger partial charge on any atom is -0.393 e. The molecule has 4 nitrogen and oxygen atoms in total. The van der Waals surface area contributed by atoms with Crippen LogP contribution in [0.15, 0.2) is 12.3 Å². The zero-order chi connectivity index (χ0) is 12.4. The van der Waals surface area contributed by atoms with Gasteiger partial charge in [0.25, 0.3) is 0 Å². The van der Waals surface area contributed by atoms with E-state index in [-0.39, 0.29) is 12.0 Å². The van der Waals surface area contributed by atoms with E-state index >= 15 is 0 Å². The number of aryl methyl sites for hydroxylation is 1. The zero-order valence-corrected chi connectivity index (χ0v) is 10.3. The first-order valence-corrected chi connectivity index (χ1v) is 5.96. The van der Waals surface area contributed by atoms with Crippen molar-refractivity contribution in [1.29, 1.82) is 0 Å². The van der Waals surface area contributed by atoms with Gasteiger partial charge in [-0.2, -0.15) is 0 Å². The molecule has 1 fully saturated rings. The molecule has 0 saturated carbocycles. The van der Waals surface area contributed by atoms with Gasteiger partial charge in [0.15, 0.2) is 6.29 Å². The summed E-state index contributed by atoms with van der Waals surface area (Å²) in [6.45, 7) is 5.65. The van der Waals surface area contributed by atoms with Crippen LogP contribution in [-0.2, 0) is 0 Å². The summed E-state index contributed by atoms with van der Waals surface area (Å²) in [5, 5.41) is 9.70. The van der Waals surface area contributed by atoms with Crippen molar-refractivity contribution in [3.63, 3.8) is 0 Å². The Morgan fingerprint density at radius 2 is 2.35 bits per heavy atom. The Bertz CT molecular complexity index is 420. The lowest BCUT2D eigenvalue weighted by atomic mass is 9.96. The molecular formula is C13H18N2O2. The Morgan fingerprint density at radius 1 is 1.59 bits per heavy atom. The number of pyridine rings is 1. The van der Waals surface area contributed by atoms with Crippen LogP contribution in [0.1, 0.15) is 29.3 Å². The van der Waals surface area contributed by atoms with E-state index < -0.39 is 0 Å². The predicted octanol–water partition coefficient (Wildman–Crippen LogP) is 1.41. The van der Waals surface area contributed by atoms with Gasteiger partial charge in [-0.3, -0.25) is 4.79 Å². The highest BCUT2D eigenvalue weighted by Gasteiger charge is 2.25. The minimum atomic E-state index is -0.208. The maximum Gasteiger partial charge on any atom is 0.151 e. The number of hydrogen-bond acceptors (Lipinski definition) is 4. The van der Waals surface area contributed by atoms with Crippen molar-refractivity contribution in [2.45, 2.75) is 26.4 Å². The lowest BCUT2D eigenvalue weighted by molar-refractivity contribution is 0.0968. The summed E-state index contributed by atoms with van der Waals surface area (Å²) >= 11 is 0. The molecule has 1 N–H and O–H groups in total. The third-order valence-corrected chi connectivity index (χ3v) is 3.37. The maximum absolute atomic E-state index is 10.7. The third-order valence-electron chi connectivity index (χ3n) is 3.37. The fourth-order valence-corrected chi connectivity index (χ4v) is 2.31. The number of hydrogen-bond donors (Lipinski definition) is 1. The first-order valence-electron chi connectivity index (χ1n) is 5.96. The molecule has 0 aromatic carbocycles. The number of carbonyl (C=O) groups is 1. The molecule has 2 heterocycles. The van der Waals surface area contributed by atoms with E-state index in [1.54, 1.807) is 6.20 Å². The molecule has 4 heteroatoms. The van der Waals surface area contributed by atoms with E-state index in [4.69, 9.17) is 0 Å². The number of piperidine rings is 1. The van der Waals surface area contributed by atoms with Crippen molar-refractivity contribution in [3.8, 4) is 0 Å². The van der Waals surface area contributed by atoms with Crippen molar-refractivity contribution < 1.29 is 9.90 Å². The number of anilines is 1. The zero-order valence-electron chi connectivity index (χ0n) is 10.3. The van der Waals surface area contributed by atoms with Crippen LogP contribution in [-0.4, -0.2) is 35.6 Å². The largest absolute Gasteiger partial charge is 0.393 e. The van der Waals surface area contributed by atoms with E-state index in [0.29, 0.717) is 5.56 Å². The lowest BCUT2D eigenvalue weighted by Gasteiger charge is -2.35. The molecule has 17 heavy (non-hydrogen) atoms. The summed E-state index contributed by atoms with van der Waals surface area (Å²) in [6, 6.07) is 1.85. The molecule has 2 atom stereocenters. The highest BCUT2D eigenvalue weighted by Crippen LogP contribution is 2.24. The highest BCUT2D eigenvalue weighted by atomic mass is 16.3. The molecule has 0 amide bonds. The van der Waals surface area contributed by atoms with Crippen LogP contribution in [0.4, 0.5) is 5.82 Å². The number of nitrogens with zero attached hydrogens (tertiary/aromatic N) is 2. The van der Waals surface area contributed by atoms with Gasteiger partial charge in [-0.25, -0.2) is 4.98 Å². The fourth-order valence-electron chi connectivity index (χ4n) is 2.31. The standard InChI is InChI=1S/C13H18N2O2/c1-9-5-11(8-16)6-14-13(9)15-4-3-12(17)10(2)7-15/h5-6,8,10,12,17H,3-4,7H2,1-2H3. The minimum absolute atomic E-state index is 0.208. The second-order valence-electron chi connectivity index (χ2n) is 4.81. The van der Waals surface area contributed by atoms with E-state index in [1.165, 1.54) is 0 Å². The second-order valence-corrected chi connectivity index (χ2v) is 4.81. The molecule has 0 bridgehead atoms. The van der Waals surface area contributed by atoms with Gasteiger partial charge >= 0.3 is 0 Å². The molecule has 1 aliphatic heterocycles. The third kappa shape index (κ3) is 2.47. The molecular weight excluding hydrogens is 216 g/mol. The Labute approximate surface area is 101 Å². The summed E-state index contributed by atoms with van der Waals surface area (Å²) in [7, 11) is 0. The van der Waals surface area contributed by atoms with Crippen molar-refractivity contribution in [2.24, 2.45) is 5.92 Å². The maximum atomic E-state index is 10.7. The molecule has 1 aromatic rings. The first-order chi connectivity index (χ1) is 8.11. The normalized spacial score (nSPS) is 24.8. The summed E-state index contributed by atoms with van der Waals surface area (Å²) in [5.41, 5.74) is 1.62. The van der Waals surface area contributed by atoms with Crippen molar-refractivity contribution >= 4 is 12.1 Å². The Hall–Kier alpha value is -1.42. The Balaban J connectivity index is 2.20. The first kappa shape index (κ1) is 12.0. The summed E-state index contributed by atoms with van der Waals surface area (Å²) in [5.74, 6) is 1.19. The van der Waals surface area contributed by atoms with Crippen molar-refractivity contribution in [2.75, 3.05) is 18.0 Å². The van der Waals surface area contributed by atoms with E-state index in [9.17, 15) is 9.90 Å². The lowest BCUT2D eigenvalue weighted by Crippen LogP contribution is -2.42. The monoisotopic (exact) mass is 234 g/mol. The van der Waals surface area contributed by atoms with Crippen LogP contribution in [0.2, 0.25) is 0 Å². The number of rotatable bonds is 2. The molecule has 1 saturated heterocycles.